The minimum absolute atomic E-state index is 0.0665. The lowest BCUT2D eigenvalue weighted by Crippen LogP contribution is -2.43. The molecule has 0 radical (unpaired) electrons. The van der Waals surface area contributed by atoms with Crippen molar-refractivity contribution in [3.63, 3.8) is 0 Å². The Kier molecular flexibility index (Phi) is 3.27. The highest BCUT2D eigenvalue weighted by Crippen LogP contribution is 2.13. The summed E-state index contributed by atoms with van der Waals surface area (Å²) in [6.45, 7) is 3.16. The van der Waals surface area contributed by atoms with Gasteiger partial charge in [0.2, 0.25) is 0 Å². The summed E-state index contributed by atoms with van der Waals surface area (Å²) < 4.78 is 5.43. The van der Waals surface area contributed by atoms with Crippen molar-refractivity contribution >= 4 is 11.0 Å². The number of fused-ring (bicyclic) bond motifs is 1. The van der Waals surface area contributed by atoms with Gasteiger partial charge in [-0.25, -0.2) is 4.98 Å². The van der Waals surface area contributed by atoms with Crippen LogP contribution in [0.2, 0.25) is 0 Å². The zero-order valence-corrected chi connectivity index (χ0v) is 10.2. The normalized spacial score (nSPS) is 21.5. The van der Waals surface area contributed by atoms with Gasteiger partial charge in [0.05, 0.1) is 36.9 Å². The van der Waals surface area contributed by atoms with E-state index >= 15 is 0 Å². The van der Waals surface area contributed by atoms with Crippen LogP contribution in [0.5, 0.6) is 0 Å². The summed E-state index contributed by atoms with van der Waals surface area (Å²) in [7, 11) is 0. The topological polar surface area (TPSA) is 61.4 Å². The maximum atomic E-state index is 9.11. The quantitative estimate of drug-likeness (QED) is 0.840. The van der Waals surface area contributed by atoms with E-state index < -0.39 is 0 Å². The Balaban J connectivity index is 1.71. The van der Waals surface area contributed by atoms with Gasteiger partial charge in [-0.1, -0.05) is 12.1 Å². The van der Waals surface area contributed by atoms with Crippen molar-refractivity contribution in [2.24, 2.45) is 0 Å². The molecule has 2 N–H and O–H groups in total. The van der Waals surface area contributed by atoms with Gasteiger partial charge >= 0.3 is 0 Å². The summed E-state index contributed by atoms with van der Waals surface area (Å²) in [5.74, 6) is 0.967. The van der Waals surface area contributed by atoms with E-state index in [4.69, 9.17) is 9.84 Å². The number of aliphatic hydroxyl groups excluding tert-OH is 1. The zero-order chi connectivity index (χ0) is 12.4. The molecule has 2 heterocycles. The third-order valence-electron chi connectivity index (χ3n) is 3.24. The standard InChI is InChI=1S/C13H17N3O2/c17-9-10-7-16(5-6-18-10)8-13-14-11-3-1-2-4-12(11)15-13/h1-4,10,17H,5-9H2,(H,14,15). The van der Waals surface area contributed by atoms with E-state index in [2.05, 4.69) is 14.9 Å². The first kappa shape index (κ1) is 11.6. The molecule has 96 valence electrons. The van der Waals surface area contributed by atoms with Gasteiger partial charge in [-0.15, -0.1) is 0 Å². The molecule has 1 unspecified atom stereocenters. The number of morpholine rings is 1. The van der Waals surface area contributed by atoms with E-state index in [0.29, 0.717) is 6.61 Å². The molecule has 1 aromatic heterocycles. The van der Waals surface area contributed by atoms with Crippen molar-refractivity contribution in [3.05, 3.63) is 30.1 Å². The lowest BCUT2D eigenvalue weighted by Gasteiger charge is -2.31. The molecule has 0 saturated carbocycles. The summed E-state index contributed by atoms with van der Waals surface area (Å²) in [4.78, 5) is 10.1. The van der Waals surface area contributed by atoms with Gasteiger partial charge in [0.25, 0.3) is 0 Å². The second-order valence-electron chi connectivity index (χ2n) is 4.61. The van der Waals surface area contributed by atoms with Crippen LogP contribution >= 0.6 is 0 Å². The lowest BCUT2D eigenvalue weighted by atomic mass is 10.3. The lowest BCUT2D eigenvalue weighted by molar-refractivity contribution is -0.0556. The van der Waals surface area contributed by atoms with E-state index in [0.717, 1.165) is 36.5 Å². The Morgan fingerprint density at radius 2 is 2.33 bits per heavy atom. The van der Waals surface area contributed by atoms with Crippen LogP contribution in [0.25, 0.3) is 11.0 Å². The number of imidazole rings is 1. The summed E-state index contributed by atoms with van der Waals surface area (Å²) in [5, 5.41) is 9.11. The van der Waals surface area contributed by atoms with Crippen LogP contribution in [-0.4, -0.2) is 52.4 Å². The van der Waals surface area contributed by atoms with Crippen LogP contribution in [0.3, 0.4) is 0 Å². The molecule has 0 spiro atoms. The van der Waals surface area contributed by atoms with Crippen LogP contribution in [0.4, 0.5) is 0 Å². The molecular weight excluding hydrogens is 230 g/mol. The predicted octanol–water partition coefficient (Wildman–Crippen LogP) is 0.756. The molecule has 2 aromatic rings. The van der Waals surface area contributed by atoms with E-state index in [1.54, 1.807) is 0 Å². The third kappa shape index (κ3) is 2.38. The predicted molar refractivity (Wildman–Crippen MR) is 68.2 cm³/mol. The fourth-order valence-electron chi connectivity index (χ4n) is 2.33. The highest BCUT2D eigenvalue weighted by molar-refractivity contribution is 5.74. The maximum absolute atomic E-state index is 9.11. The van der Waals surface area contributed by atoms with E-state index in [1.807, 2.05) is 24.3 Å². The second kappa shape index (κ2) is 5.06. The van der Waals surface area contributed by atoms with Crippen LogP contribution in [0, 0.1) is 0 Å². The number of para-hydroxylation sites is 2. The monoisotopic (exact) mass is 247 g/mol. The summed E-state index contributed by atoms with van der Waals surface area (Å²) in [5.41, 5.74) is 2.07. The number of nitrogens with zero attached hydrogens (tertiary/aromatic N) is 2. The number of nitrogens with one attached hydrogen (secondary N) is 1. The van der Waals surface area contributed by atoms with E-state index in [9.17, 15) is 0 Å². The molecule has 3 rings (SSSR count). The largest absolute Gasteiger partial charge is 0.394 e. The molecule has 0 bridgehead atoms. The number of aromatic amines is 1. The smallest absolute Gasteiger partial charge is 0.121 e. The van der Waals surface area contributed by atoms with Crippen LogP contribution < -0.4 is 0 Å². The Morgan fingerprint density at radius 3 is 3.17 bits per heavy atom. The average molecular weight is 247 g/mol. The Bertz CT molecular complexity index is 493. The Hall–Kier alpha value is -1.43. The molecule has 1 aliphatic rings. The van der Waals surface area contributed by atoms with Crippen LogP contribution in [0.1, 0.15) is 5.82 Å². The highest BCUT2D eigenvalue weighted by atomic mass is 16.5. The van der Waals surface area contributed by atoms with E-state index in [1.165, 1.54) is 0 Å². The van der Waals surface area contributed by atoms with Gasteiger partial charge in [0.1, 0.15) is 5.82 Å². The molecule has 0 amide bonds. The minimum Gasteiger partial charge on any atom is -0.394 e. The SMILES string of the molecule is OCC1CN(Cc2nc3ccccc3[nH]2)CCO1. The molecule has 1 fully saturated rings. The molecular formula is C13H17N3O2. The van der Waals surface area contributed by atoms with Crippen molar-refractivity contribution in [1.29, 1.82) is 0 Å². The number of rotatable bonds is 3. The first-order valence-electron chi connectivity index (χ1n) is 6.23. The number of benzene rings is 1. The first-order valence-corrected chi connectivity index (χ1v) is 6.23. The van der Waals surface area contributed by atoms with E-state index in [-0.39, 0.29) is 12.7 Å². The molecule has 5 heteroatoms. The highest BCUT2D eigenvalue weighted by Gasteiger charge is 2.20. The number of aliphatic hydroxyl groups is 1. The minimum atomic E-state index is -0.0665. The van der Waals surface area contributed by atoms with Gasteiger partial charge < -0.3 is 14.8 Å². The number of H-pyrrole nitrogens is 1. The molecule has 1 saturated heterocycles. The third-order valence-corrected chi connectivity index (χ3v) is 3.24. The second-order valence-corrected chi connectivity index (χ2v) is 4.61. The molecule has 5 nitrogen and oxygen atoms in total. The van der Waals surface area contributed by atoms with Crippen molar-refractivity contribution in [2.45, 2.75) is 12.6 Å². The first-order chi connectivity index (χ1) is 8.85. The van der Waals surface area contributed by atoms with Crippen molar-refractivity contribution in [2.75, 3.05) is 26.3 Å². The maximum Gasteiger partial charge on any atom is 0.121 e. The van der Waals surface area contributed by atoms with Crippen molar-refractivity contribution in [3.8, 4) is 0 Å². The van der Waals surface area contributed by atoms with Crippen LogP contribution in [-0.2, 0) is 11.3 Å². The summed E-state index contributed by atoms with van der Waals surface area (Å²) in [6.07, 6.45) is -0.0665. The zero-order valence-electron chi connectivity index (χ0n) is 10.2. The average Bonchev–Trinajstić information content (AvgIpc) is 2.81. The van der Waals surface area contributed by atoms with Crippen LogP contribution in [0.15, 0.2) is 24.3 Å². The van der Waals surface area contributed by atoms with Gasteiger partial charge in [-0.05, 0) is 12.1 Å². The fraction of sp³-hybridized carbons (Fsp3) is 0.462. The number of ether oxygens (including phenoxy) is 1. The molecule has 0 aliphatic carbocycles. The Labute approximate surface area is 105 Å². The van der Waals surface area contributed by atoms with Crippen molar-refractivity contribution < 1.29 is 9.84 Å². The van der Waals surface area contributed by atoms with Gasteiger partial charge in [0, 0.05) is 13.1 Å². The molecule has 18 heavy (non-hydrogen) atoms. The Morgan fingerprint density at radius 1 is 1.44 bits per heavy atom. The van der Waals surface area contributed by atoms with Gasteiger partial charge in [-0.3, -0.25) is 4.90 Å². The fourth-order valence-corrected chi connectivity index (χ4v) is 2.33. The number of aromatic nitrogens is 2. The van der Waals surface area contributed by atoms with Gasteiger partial charge in [0.15, 0.2) is 0 Å². The molecule has 1 atom stereocenters. The summed E-state index contributed by atoms with van der Waals surface area (Å²) >= 11 is 0. The molecule has 1 aromatic carbocycles. The number of hydrogen-bond acceptors (Lipinski definition) is 4. The molecule has 1 aliphatic heterocycles. The summed E-state index contributed by atoms with van der Waals surface area (Å²) in [6, 6.07) is 8.02. The van der Waals surface area contributed by atoms with Gasteiger partial charge in [-0.2, -0.15) is 0 Å². The number of hydrogen-bond donors (Lipinski definition) is 2. The van der Waals surface area contributed by atoms with Crippen molar-refractivity contribution in [1.82, 2.24) is 14.9 Å².